The lowest BCUT2D eigenvalue weighted by molar-refractivity contribution is 0.194. The average molecular weight is 242 g/mol. The summed E-state index contributed by atoms with van der Waals surface area (Å²) in [6, 6.07) is 0. The molecule has 3 N–H and O–H groups in total. The van der Waals surface area contributed by atoms with Gasteiger partial charge in [-0.3, -0.25) is 0 Å². The minimum Gasteiger partial charge on any atom is -0.465 e. The van der Waals surface area contributed by atoms with Gasteiger partial charge in [-0.2, -0.15) is 0 Å². The first-order chi connectivity index (χ1) is 7.68. The molecule has 8 heteroatoms. The molecule has 0 aliphatic carbocycles. The number of hydrogen-bond acceptors (Lipinski definition) is 4. The Hall–Kier alpha value is -1.89. The van der Waals surface area contributed by atoms with Crippen molar-refractivity contribution in [3.8, 4) is 0 Å². The number of nitrogens with one attached hydrogen (secondary N) is 2. The van der Waals surface area contributed by atoms with E-state index in [0.717, 1.165) is 0 Å². The summed E-state index contributed by atoms with van der Waals surface area (Å²) in [5.41, 5.74) is 1.65. The Labute approximate surface area is 94.9 Å². The third kappa shape index (κ3) is 2.03. The van der Waals surface area contributed by atoms with Crippen molar-refractivity contribution >= 4 is 28.9 Å². The summed E-state index contributed by atoms with van der Waals surface area (Å²) in [6.07, 6.45) is 1.70. The fraction of sp³-hybridized carbons (Fsp3) is 0.250. The number of nitrogens with zero attached hydrogens (tertiary/aromatic N) is 3. The Morgan fingerprint density at radius 1 is 1.56 bits per heavy atom. The Balaban J connectivity index is 2.25. The van der Waals surface area contributed by atoms with Crippen molar-refractivity contribution in [1.82, 2.24) is 25.3 Å². The number of halogens is 1. The molecule has 84 valence electrons. The minimum atomic E-state index is -1.12. The van der Waals surface area contributed by atoms with Gasteiger partial charge in [-0.15, -0.1) is 11.6 Å². The molecule has 0 aliphatic heterocycles. The van der Waals surface area contributed by atoms with Gasteiger partial charge in [0.25, 0.3) is 0 Å². The second kappa shape index (κ2) is 4.31. The van der Waals surface area contributed by atoms with E-state index in [1.165, 1.54) is 12.7 Å². The molecule has 2 heterocycles. The summed E-state index contributed by atoms with van der Waals surface area (Å²) >= 11 is 6.02. The normalized spacial score (nSPS) is 12.6. The monoisotopic (exact) mass is 241 g/mol. The number of amides is 1. The highest BCUT2D eigenvalue weighted by atomic mass is 35.5. The number of carbonyl (C=O) groups is 1. The fourth-order valence-corrected chi connectivity index (χ4v) is 1.54. The van der Waals surface area contributed by atoms with Crippen LogP contribution in [0.2, 0.25) is 0 Å². The molecule has 16 heavy (non-hydrogen) atoms. The lowest BCUT2D eigenvalue weighted by Crippen LogP contribution is -2.25. The summed E-state index contributed by atoms with van der Waals surface area (Å²) in [5, 5.41) is 10.1. The van der Waals surface area contributed by atoms with Crippen LogP contribution in [0.3, 0.4) is 0 Å². The van der Waals surface area contributed by atoms with Crippen molar-refractivity contribution in [2.75, 3.05) is 6.54 Å². The van der Waals surface area contributed by atoms with Gasteiger partial charge < -0.3 is 15.4 Å². The van der Waals surface area contributed by atoms with Crippen LogP contribution in [-0.2, 0) is 0 Å². The van der Waals surface area contributed by atoms with Crippen LogP contribution in [-0.4, -0.2) is 37.7 Å². The van der Waals surface area contributed by atoms with Gasteiger partial charge in [-0.05, 0) is 0 Å². The van der Waals surface area contributed by atoms with Crippen molar-refractivity contribution in [3.05, 3.63) is 18.3 Å². The topological polar surface area (TPSA) is 104 Å². The molecular formula is C8H8ClN5O2. The zero-order valence-corrected chi connectivity index (χ0v) is 8.77. The van der Waals surface area contributed by atoms with Gasteiger partial charge >= 0.3 is 6.09 Å². The molecule has 2 aromatic heterocycles. The van der Waals surface area contributed by atoms with Crippen LogP contribution in [0.15, 0.2) is 12.7 Å². The second-order valence-corrected chi connectivity index (χ2v) is 3.54. The number of aromatic nitrogens is 4. The molecule has 7 nitrogen and oxygen atoms in total. The third-order valence-corrected chi connectivity index (χ3v) is 2.34. The molecule has 0 spiro atoms. The van der Waals surface area contributed by atoms with E-state index in [2.05, 4.69) is 25.3 Å². The van der Waals surface area contributed by atoms with Gasteiger partial charge in [0.05, 0.1) is 17.4 Å². The van der Waals surface area contributed by atoms with E-state index >= 15 is 0 Å². The first-order valence-electron chi connectivity index (χ1n) is 4.43. The quantitative estimate of drug-likeness (QED) is 0.693. The van der Waals surface area contributed by atoms with Gasteiger partial charge in [0, 0.05) is 6.54 Å². The second-order valence-electron chi connectivity index (χ2n) is 3.01. The predicted octanol–water partition coefficient (Wildman–Crippen LogP) is 0.900. The number of hydrogen-bond donors (Lipinski definition) is 3. The maximum Gasteiger partial charge on any atom is 0.404 e. The molecule has 1 atom stereocenters. The van der Waals surface area contributed by atoms with Gasteiger partial charge in [-0.25, -0.2) is 19.7 Å². The van der Waals surface area contributed by atoms with E-state index in [1.807, 2.05) is 0 Å². The fourth-order valence-electron chi connectivity index (χ4n) is 1.29. The molecule has 0 saturated carbocycles. The summed E-state index contributed by atoms with van der Waals surface area (Å²) in [4.78, 5) is 25.1. The van der Waals surface area contributed by atoms with Crippen LogP contribution in [0, 0.1) is 0 Å². The molecule has 0 saturated heterocycles. The van der Waals surface area contributed by atoms with E-state index in [-0.39, 0.29) is 6.54 Å². The maximum absolute atomic E-state index is 10.3. The summed E-state index contributed by atoms with van der Waals surface area (Å²) in [5.74, 6) is 0. The Morgan fingerprint density at radius 2 is 2.38 bits per heavy atom. The van der Waals surface area contributed by atoms with E-state index in [9.17, 15) is 4.79 Å². The zero-order chi connectivity index (χ0) is 11.5. The smallest absolute Gasteiger partial charge is 0.404 e. The molecule has 0 aliphatic rings. The van der Waals surface area contributed by atoms with Crippen LogP contribution in [0.1, 0.15) is 11.1 Å². The Morgan fingerprint density at radius 3 is 3.12 bits per heavy atom. The minimum absolute atomic E-state index is 0.0715. The van der Waals surface area contributed by atoms with Crippen molar-refractivity contribution in [2.45, 2.75) is 5.38 Å². The van der Waals surface area contributed by atoms with E-state index in [1.54, 1.807) is 0 Å². The number of aromatic amines is 1. The number of H-pyrrole nitrogens is 1. The molecular weight excluding hydrogens is 234 g/mol. The van der Waals surface area contributed by atoms with Crippen molar-refractivity contribution in [2.24, 2.45) is 0 Å². The van der Waals surface area contributed by atoms with Crippen LogP contribution in [0.25, 0.3) is 11.2 Å². The molecule has 2 rings (SSSR count). The Bertz CT molecular complexity index is 514. The van der Waals surface area contributed by atoms with Crippen molar-refractivity contribution < 1.29 is 9.90 Å². The van der Waals surface area contributed by atoms with Crippen LogP contribution in [0.5, 0.6) is 0 Å². The first-order valence-corrected chi connectivity index (χ1v) is 4.87. The predicted molar refractivity (Wildman–Crippen MR) is 56.3 cm³/mol. The van der Waals surface area contributed by atoms with Gasteiger partial charge in [0.2, 0.25) is 0 Å². The number of alkyl halides is 1. The van der Waals surface area contributed by atoms with Crippen molar-refractivity contribution in [3.63, 3.8) is 0 Å². The zero-order valence-electron chi connectivity index (χ0n) is 8.01. The molecule has 0 bridgehead atoms. The van der Waals surface area contributed by atoms with Crippen LogP contribution >= 0.6 is 11.6 Å². The Kier molecular flexibility index (Phi) is 2.86. The number of fused-ring (bicyclic) bond motifs is 1. The van der Waals surface area contributed by atoms with Gasteiger partial charge in [0.1, 0.15) is 11.8 Å². The molecule has 1 unspecified atom stereocenters. The molecule has 2 aromatic rings. The first kappa shape index (κ1) is 10.6. The van der Waals surface area contributed by atoms with Crippen LogP contribution < -0.4 is 5.32 Å². The third-order valence-electron chi connectivity index (χ3n) is 1.98. The summed E-state index contributed by atoms with van der Waals surface area (Å²) < 4.78 is 0. The van der Waals surface area contributed by atoms with Gasteiger partial charge in [-0.1, -0.05) is 0 Å². The highest BCUT2D eigenvalue weighted by Crippen LogP contribution is 2.22. The molecule has 0 radical (unpaired) electrons. The maximum atomic E-state index is 10.3. The highest BCUT2D eigenvalue weighted by molar-refractivity contribution is 6.21. The van der Waals surface area contributed by atoms with E-state index in [0.29, 0.717) is 16.9 Å². The summed E-state index contributed by atoms with van der Waals surface area (Å²) in [6.45, 7) is 0.0715. The van der Waals surface area contributed by atoms with E-state index in [4.69, 9.17) is 16.7 Å². The standard InChI is InChI=1S/C8H8ClN5O2/c9-4(1-10-8(15)16)5-6-7(13-2-11-5)14-3-12-6/h2-4,10H,1H2,(H,15,16)(H,11,12,13,14). The summed E-state index contributed by atoms with van der Waals surface area (Å²) in [7, 11) is 0. The van der Waals surface area contributed by atoms with Crippen molar-refractivity contribution in [1.29, 1.82) is 0 Å². The number of imidazole rings is 1. The number of rotatable bonds is 3. The lowest BCUT2D eigenvalue weighted by Gasteiger charge is -2.08. The molecule has 1 amide bonds. The SMILES string of the molecule is O=C(O)NCC(Cl)c1ncnc2nc[nH]c12. The van der Waals surface area contributed by atoms with Crippen LogP contribution in [0.4, 0.5) is 4.79 Å². The highest BCUT2D eigenvalue weighted by Gasteiger charge is 2.15. The molecule has 0 fully saturated rings. The average Bonchev–Trinajstić information content (AvgIpc) is 2.73. The van der Waals surface area contributed by atoms with Gasteiger partial charge in [0.15, 0.2) is 5.65 Å². The largest absolute Gasteiger partial charge is 0.465 e. The molecule has 0 aromatic carbocycles. The van der Waals surface area contributed by atoms with E-state index < -0.39 is 11.5 Å². The number of carboxylic acid groups (broad SMARTS) is 1. The lowest BCUT2D eigenvalue weighted by atomic mass is 10.2.